The van der Waals surface area contributed by atoms with Crippen LogP contribution in [0.2, 0.25) is 0 Å². The molecule has 0 spiro atoms. The number of aromatic nitrogens is 1. The number of rotatable bonds is 3. The summed E-state index contributed by atoms with van der Waals surface area (Å²) in [6.45, 7) is 0. The second kappa shape index (κ2) is 5.39. The summed E-state index contributed by atoms with van der Waals surface area (Å²) >= 11 is 0. The molecule has 5 nitrogen and oxygen atoms in total. The number of nitrogens with one attached hydrogen (secondary N) is 1. The molecule has 2 rings (SSSR count). The van der Waals surface area contributed by atoms with E-state index in [1.54, 1.807) is 32.4 Å². The van der Waals surface area contributed by atoms with Gasteiger partial charge in [0.2, 0.25) is 5.56 Å². The van der Waals surface area contributed by atoms with Crippen molar-refractivity contribution in [1.29, 1.82) is 0 Å². The van der Waals surface area contributed by atoms with Crippen molar-refractivity contribution in [2.45, 2.75) is 0 Å². The Morgan fingerprint density at radius 1 is 1.26 bits per heavy atom. The van der Waals surface area contributed by atoms with Gasteiger partial charge >= 0.3 is 0 Å². The molecular weight excluding hydrogens is 244 g/mol. The van der Waals surface area contributed by atoms with Crippen LogP contribution in [0.3, 0.4) is 0 Å². The Morgan fingerprint density at radius 3 is 2.68 bits per heavy atom. The maximum Gasteiger partial charge on any atom is 0.258 e. The molecule has 0 aliphatic heterocycles. The van der Waals surface area contributed by atoms with Crippen LogP contribution in [0.5, 0.6) is 5.75 Å². The van der Waals surface area contributed by atoms with Crippen LogP contribution in [0.15, 0.2) is 47.4 Å². The van der Waals surface area contributed by atoms with E-state index < -0.39 is 0 Å². The van der Waals surface area contributed by atoms with Crippen molar-refractivity contribution >= 4 is 11.6 Å². The van der Waals surface area contributed by atoms with E-state index in [4.69, 9.17) is 4.74 Å². The quantitative estimate of drug-likeness (QED) is 0.910. The van der Waals surface area contributed by atoms with Gasteiger partial charge < -0.3 is 14.6 Å². The highest BCUT2D eigenvalue weighted by Gasteiger charge is 2.16. The number of para-hydroxylation sites is 2. The van der Waals surface area contributed by atoms with Crippen molar-refractivity contribution in [3.8, 4) is 5.75 Å². The Labute approximate surface area is 110 Å². The first-order valence-corrected chi connectivity index (χ1v) is 5.73. The Kier molecular flexibility index (Phi) is 3.66. The maximum absolute atomic E-state index is 12.3. The lowest BCUT2D eigenvalue weighted by molar-refractivity contribution is 0.0992. The van der Waals surface area contributed by atoms with E-state index in [0.717, 1.165) is 0 Å². The smallest absolute Gasteiger partial charge is 0.258 e. The highest BCUT2D eigenvalue weighted by molar-refractivity contribution is 6.06. The van der Waals surface area contributed by atoms with E-state index in [1.165, 1.54) is 17.2 Å². The second-order valence-corrected chi connectivity index (χ2v) is 3.98. The first kappa shape index (κ1) is 12.9. The zero-order valence-corrected chi connectivity index (χ0v) is 10.7. The van der Waals surface area contributed by atoms with Crippen molar-refractivity contribution < 1.29 is 9.53 Å². The number of pyridine rings is 1. The summed E-state index contributed by atoms with van der Waals surface area (Å²) in [4.78, 5) is 27.4. The van der Waals surface area contributed by atoms with Gasteiger partial charge in [-0.25, -0.2) is 0 Å². The zero-order chi connectivity index (χ0) is 13.8. The number of hydrogen-bond donors (Lipinski definition) is 1. The topological polar surface area (TPSA) is 62.4 Å². The van der Waals surface area contributed by atoms with Crippen LogP contribution in [0, 0.1) is 0 Å². The van der Waals surface area contributed by atoms with E-state index >= 15 is 0 Å². The van der Waals surface area contributed by atoms with Gasteiger partial charge in [0.1, 0.15) is 5.75 Å². The molecule has 2 aromatic rings. The van der Waals surface area contributed by atoms with Crippen LogP contribution in [-0.2, 0) is 0 Å². The van der Waals surface area contributed by atoms with Crippen molar-refractivity contribution in [3.05, 3.63) is 58.5 Å². The fourth-order valence-electron chi connectivity index (χ4n) is 1.79. The number of carbonyl (C=O) groups is 1. The number of carbonyl (C=O) groups excluding carboxylic acids is 1. The summed E-state index contributed by atoms with van der Waals surface area (Å²) in [5, 5.41) is 0. The van der Waals surface area contributed by atoms with Crippen LogP contribution >= 0.6 is 0 Å². The maximum atomic E-state index is 12.3. The number of benzene rings is 1. The normalized spacial score (nSPS) is 10.0. The minimum atomic E-state index is -0.306. The number of ether oxygens (including phenoxy) is 1. The lowest BCUT2D eigenvalue weighted by Crippen LogP contribution is -2.27. The first-order valence-electron chi connectivity index (χ1n) is 5.73. The van der Waals surface area contributed by atoms with Crippen molar-refractivity contribution in [2.24, 2.45) is 0 Å². The highest BCUT2D eigenvalue weighted by atomic mass is 16.5. The van der Waals surface area contributed by atoms with Gasteiger partial charge in [-0.05, 0) is 18.2 Å². The number of hydrogen-bond acceptors (Lipinski definition) is 3. The predicted molar refractivity (Wildman–Crippen MR) is 72.8 cm³/mol. The first-order chi connectivity index (χ1) is 9.13. The molecule has 0 aliphatic carbocycles. The van der Waals surface area contributed by atoms with Crippen molar-refractivity contribution in [3.63, 3.8) is 0 Å². The molecule has 1 heterocycles. The van der Waals surface area contributed by atoms with E-state index in [-0.39, 0.29) is 11.5 Å². The van der Waals surface area contributed by atoms with Crippen LogP contribution < -0.4 is 15.2 Å². The SMILES string of the molecule is COc1ccccc1N(C)C(=O)c1cc[nH]c(=O)c1. The van der Waals surface area contributed by atoms with Crippen LogP contribution in [0.4, 0.5) is 5.69 Å². The Morgan fingerprint density at radius 2 is 2.00 bits per heavy atom. The lowest BCUT2D eigenvalue weighted by atomic mass is 10.2. The van der Waals surface area contributed by atoms with Gasteiger partial charge in [-0.15, -0.1) is 0 Å². The Balaban J connectivity index is 2.36. The third-order valence-corrected chi connectivity index (χ3v) is 2.77. The molecule has 19 heavy (non-hydrogen) atoms. The molecule has 0 unspecified atom stereocenters. The molecule has 1 aromatic heterocycles. The summed E-state index contributed by atoms with van der Waals surface area (Å²) in [5.41, 5.74) is 0.673. The summed E-state index contributed by atoms with van der Waals surface area (Å²) in [6, 6.07) is 10.0. The van der Waals surface area contributed by atoms with Crippen LogP contribution in [0.25, 0.3) is 0 Å². The van der Waals surface area contributed by atoms with Gasteiger partial charge in [0.05, 0.1) is 12.8 Å². The molecule has 98 valence electrons. The average Bonchev–Trinajstić information content (AvgIpc) is 2.45. The summed E-state index contributed by atoms with van der Waals surface area (Å²) in [7, 11) is 3.19. The van der Waals surface area contributed by atoms with Crippen LogP contribution in [-0.4, -0.2) is 25.0 Å². The predicted octanol–water partition coefficient (Wildman–Crippen LogP) is 1.66. The van der Waals surface area contributed by atoms with Crippen molar-refractivity contribution in [1.82, 2.24) is 4.98 Å². The molecule has 0 fully saturated rings. The summed E-state index contributed by atoms with van der Waals surface area (Å²) < 4.78 is 5.21. The van der Waals surface area contributed by atoms with Crippen LogP contribution in [0.1, 0.15) is 10.4 Å². The molecule has 0 aliphatic rings. The van der Waals surface area contributed by atoms with E-state index in [2.05, 4.69) is 4.98 Å². The number of H-pyrrole nitrogens is 1. The third-order valence-electron chi connectivity index (χ3n) is 2.77. The fourth-order valence-corrected chi connectivity index (χ4v) is 1.79. The number of aromatic amines is 1. The summed E-state index contributed by atoms with van der Waals surface area (Å²) in [5.74, 6) is 0.332. The number of amides is 1. The van der Waals surface area contributed by atoms with Gasteiger partial charge in [-0.3, -0.25) is 9.59 Å². The highest BCUT2D eigenvalue weighted by Crippen LogP contribution is 2.27. The number of anilines is 1. The van der Waals surface area contributed by atoms with Gasteiger partial charge in [0.25, 0.3) is 5.91 Å². The molecular formula is C14H14N2O3. The molecule has 1 aromatic carbocycles. The van der Waals surface area contributed by atoms with Gasteiger partial charge in [0.15, 0.2) is 0 Å². The second-order valence-electron chi connectivity index (χ2n) is 3.98. The summed E-state index contributed by atoms with van der Waals surface area (Å²) in [6.07, 6.45) is 1.45. The van der Waals surface area contributed by atoms with Gasteiger partial charge in [-0.2, -0.15) is 0 Å². The largest absolute Gasteiger partial charge is 0.495 e. The van der Waals surface area contributed by atoms with E-state index in [0.29, 0.717) is 17.0 Å². The number of nitrogens with zero attached hydrogens (tertiary/aromatic N) is 1. The Hall–Kier alpha value is -2.56. The van der Waals surface area contributed by atoms with Crippen molar-refractivity contribution in [2.75, 3.05) is 19.1 Å². The lowest BCUT2D eigenvalue weighted by Gasteiger charge is -2.19. The molecule has 0 saturated carbocycles. The minimum absolute atomic E-state index is 0.268. The van der Waals surface area contributed by atoms with Gasteiger partial charge in [-0.1, -0.05) is 12.1 Å². The molecule has 0 atom stereocenters. The minimum Gasteiger partial charge on any atom is -0.495 e. The monoisotopic (exact) mass is 258 g/mol. The van der Waals surface area contributed by atoms with E-state index in [1.807, 2.05) is 12.1 Å². The zero-order valence-electron chi connectivity index (χ0n) is 10.7. The third kappa shape index (κ3) is 2.65. The molecule has 1 amide bonds. The molecule has 1 N–H and O–H groups in total. The van der Waals surface area contributed by atoms with Gasteiger partial charge in [0, 0.05) is 24.9 Å². The standard InChI is InChI=1S/C14H14N2O3/c1-16(11-5-3-4-6-12(11)19-2)14(18)10-7-8-15-13(17)9-10/h3-9H,1-2H3,(H,15,17). The molecule has 0 saturated heterocycles. The van der Waals surface area contributed by atoms with E-state index in [9.17, 15) is 9.59 Å². The fraction of sp³-hybridized carbons (Fsp3) is 0.143. The molecule has 0 bridgehead atoms. The number of methoxy groups -OCH3 is 1. The Bertz CT molecular complexity index is 649. The average molecular weight is 258 g/mol. The molecule has 5 heteroatoms. The molecule has 0 radical (unpaired) electrons.